The molecule has 4 nitrogen and oxygen atoms in total. The van der Waals surface area contributed by atoms with Gasteiger partial charge in [-0.2, -0.15) is 0 Å². The third kappa shape index (κ3) is 5.80. The standard InChI is InChI=1S/C9H16ClNO3/c1-2-3-4-5-7(9(13)14)11-8(12)6-10/h7H,2-6H2,1H3,(H,11,12)(H,13,14). The van der Waals surface area contributed by atoms with Crippen LogP contribution in [0.4, 0.5) is 0 Å². The highest BCUT2D eigenvalue weighted by Gasteiger charge is 2.18. The number of alkyl halides is 1. The molecule has 2 N–H and O–H groups in total. The molecule has 0 aromatic carbocycles. The maximum Gasteiger partial charge on any atom is 0.326 e. The van der Waals surface area contributed by atoms with Gasteiger partial charge in [0.25, 0.3) is 0 Å². The fraction of sp³-hybridized carbons (Fsp3) is 0.778. The van der Waals surface area contributed by atoms with E-state index in [9.17, 15) is 9.59 Å². The second-order valence-corrected chi connectivity index (χ2v) is 3.36. The first-order valence-electron chi connectivity index (χ1n) is 4.70. The molecule has 1 unspecified atom stereocenters. The molecule has 14 heavy (non-hydrogen) atoms. The predicted octanol–water partition coefficient (Wildman–Crippen LogP) is 1.37. The topological polar surface area (TPSA) is 66.4 Å². The van der Waals surface area contributed by atoms with Gasteiger partial charge in [-0.15, -0.1) is 11.6 Å². The molecular weight excluding hydrogens is 206 g/mol. The Bertz CT molecular complexity index is 196. The summed E-state index contributed by atoms with van der Waals surface area (Å²) in [4.78, 5) is 21.5. The van der Waals surface area contributed by atoms with E-state index in [2.05, 4.69) is 5.32 Å². The molecule has 1 amide bonds. The van der Waals surface area contributed by atoms with Crippen molar-refractivity contribution in [2.75, 3.05) is 5.88 Å². The van der Waals surface area contributed by atoms with Gasteiger partial charge >= 0.3 is 5.97 Å². The van der Waals surface area contributed by atoms with Crippen molar-refractivity contribution >= 4 is 23.5 Å². The van der Waals surface area contributed by atoms with Gasteiger partial charge in [0.05, 0.1) is 0 Å². The third-order valence-electron chi connectivity index (χ3n) is 1.85. The number of carbonyl (C=O) groups excluding carboxylic acids is 1. The molecule has 5 heteroatoms. The number of halogens is 1. The van der Waals surface area contributed by atoms with Gasteiger partial charge in [-0.05, 0) is 6.42 Å². The molecule has 82 valence electrons. The highest BCUT2D eigenvalue weighted by Crippen LogP contribution is 2.03. The van der Waals surface area contributed by atoms with Crippen LogP contribution in [0, 0.1) is 0 Å². The Balaban J connectivity index is 3.90. The molecule has 0 aromatic heterocycles. The van der Waals surface area contributed by atoms with Gasteiger partial charge in [0.1, 0.15) is 11.9 Å². The summed E-state index contributed by atoms with van der Waals surface area (Å²) in [6, 6.07) is -0.798. The van der Waals surface area contributed by atoms with Crippen molar-refractivity contribution in [1.82, 2.24) is 5.32 Å². The Kier molecular flexibility index (Phi) is 7.20. The molecule has 0 aromatic rings. The van der Waals surface area contributed by atoms with E-state index in [4.69, 9.17) is 16.7 Å². The minimum Gasteiger partial charge on any atom is -0.480 e. The van der Waals surface area contributed by atoms with E-state index in [-0.39, 0.29) is 5.88 Å². The Morgan fingerprint density at radius 3 is 2.50 bits per heavy atom. The van der Waals surface area contributed by atoms with Crippen LogP contribution in [-0.2, 0) is 9.59 Å². The average molecular weight is 222 g/mol. The summed E-state index contributed by atoms with van der Waals surface area (Å²) in [5.41, 5.74) is 0. The molecule has 0 aliphatic heterocycles. The third-order valence-corrected chi connectivity index (χ3v) is 2.09. The zero-order valence-corrected chi connectivity index (χ0v) is 9.01. The zero-order valence-electron chi connectivity index (χ0n) is 8.25. The van der Waals surface area contributed by atoms with Crippen LogP contribution >= 0.6 is 11.6 Å². The van der Waals surface area contributed by atoms with Crippen LogP contribution in [0.25, 0.3) is 0 Å². The highest BCUT2D eigenvalue weighted by atomic mass is 35.5. The maximum atomic E-state index is 10.9. The highest BCUT2D eigenvalue weighted by molar-refractivity contribution is 6.27. The lowest BCUT2D eigenvalue weighted by molar-refractivity contribution is -0.141. The molecule has 0 spiro atoms. The van der Waals surface area contributed by atoms with Crippen LogP contribution in [0.3, 0.4) is 0 Å². The van der Waals surface area contributed by atoms with E-state index in [0.717, 1.165) is 19.3 Å². The van der Waals surface area contributed by atoms with Crippen molar-refractivity contribution < 1.29 is 14.7 Å². The number of hydrogen-bond donors (Lipinski definition) is 2. The normalized spacial score (nSPS) is 12.1. The number of rotatable bonds is 7. The van der Waals surface area contributed by atoms with Crippen molar-refractivity contribution in [3.63, 3.8) is 0 Å². The number of carboxylic acids is 1. The van der Waals surface area contributed by atoms with Crippen LogP contribution in [0.5, 0.6) is 0 Å². The monoisotopic (exact) mass is 221 g/mol. The van der Waals surface area contributed by atoms with Gasteiger partial charge in [-0.3, -0.25) is 4.79 Å². The molecule has 0 aliphatic carbocycles. The fourth-order valence-electron chi connectivity index (χ4n) is 1.09. The molecular formula is C9H16ClNO3. The van der Waals surface area contributed by atoms with Gasteiger partial charge in [-0.25, -0.2) is 4.79 Å². The van der Waals surface area contributed by atoms with E-state index in [1.54, 1.807) is 0 Å². The van der Waals surface area contributed by atoms with E-state index >= 15 is 0 Å². The largest absolute Gasteiger partial charge is 0.480 e. The summed E-state index contributed by atoms with van der Waals surface area (Å²) >= 11 is 5.26. The number of carboxylic acid groups (broad SMARTS) is 1. The summed E-state index contributed by atoms with van der Waals surface area (Å²) < 4.78 is 0. The van der Waals surface area contributed by atoms with Crippen LogP contribution in [-0.4, -0.2) is 28.9 Å². The van der Waals surface area contributed by atoms with E-state index < -0.39 is 17.9 Å². The summed E-state index contributed by atoms with van der Waals surface area (Å²) in [7, 11) is 0. The maximum absolute atomic E-state index is 10.9. The molecule has 0 bridgehead atoms. The fourth-order valence-corrected chi connectivity index (χ4v) is 1.17. The number of amides is 1. The number of nitrogens with one attached hydrogen (secondary N) is 1. The lowest BCUT2D eigenvalue weighted by Gasteiger charge is -2.12. The molecule has 0 heterocycles. The lowest BCUT2D eigenvalue weighted by Crippen LogP contribution is -2.41. The smallest absolute Gasteiger partial charge is 0.326 e. The summed E-state index contributed by atoms with van der Waals surface area (Å²) in [5, 5.41) is 11.1. The van der Waals surface area contributed by atoms with Crippen molar-refractivity contribution in [2.24, 2.45) is 0 Å². The van der Waals surface area contributed by atoms with Crippen LogP contribution in [0.1, 0.15) is 32.6 Å². The second-order valence-electron chi connectivity index (χ2n) is 3.09. The van der Waals surface area contributed by atoms with Crippen LogP contribution in [0.2, 0.25) is 0 Å². The summed E-state index contributed by atoms with van der Waals surface area (Å²) in [6.45, 7) is 2.03. The lowest BCUT2D eigenvalue weighted by atomic mass is 10.1. The van der Waals surface area contributed by atoms with Crippen molar-refractivity contribution in [1.29, 1.82) is 0 Å². The SMILES string of the molecule is CCCCCC(NC(=O)CCl)C(=O)O. The van der Waals surface area contributed by atoms with Gasteiger partial charge in [0.15, 0.2) is 0 Å². The molecule has 0 saturated heterocycles. The van der Waals surface area contributed by atoms with Gasteiger partial charge in [0.2, 0.25) is 5.91 Å². The summed E-state index contributed by atoms with van der Waals surface area (Å²) in [6.07, 6.45) is 3.26. The van der Waals surface area contributed by atoms with E-state index in [1.807, 2.05) is 6.92 Å². The van der Waals surface area contributed by atoms with Crippen molar-refractivity contribution in [3.8, 4) is 0 Å². The molecule has 0 aliphatic rings. The molecule has 0 rings (SSSR count). The first-order chi connectivity index (χ1) is 6.61. The number of hydrogen-bond acceptors (Lipinski definition) is 2. The number of unbranched alkanes of at least 4 members (excludes halogenated alkanes) is 2. The Morgan fingerprint density at radius 2 is 2.07 bits per heavy atom. The molecule has 0 radical (unpaired) electrons. The van der Waals surface area contributed by atoms with Gasteiger partial charge in [-0.1, -0.05) is 26.2 Å². The van der Waals surface area contributed by atoms with Crippen LogP contribution < -0.4 is 5.32 Å². The number of aliphatic carboxylic acids is 1. The average Bonchev–Trinajstić information content (AvgIpc) is 2.16. The van der Waals surface area contributed by atoms with Gasteiger partial charge < -0.3 is 10.4 Å². The summed E-state index contributed by atoms with van der Waals surface area (Å²) in [5.74, 6) is -1.63. The molecule has 0 saturated carbocycles. The first kappa shape index (κ1) is 13.2. The van der Waals surface area contributed by atoms with Crippen LogP contribution in [0.15, 0.2) is 0 Å². The van der Waals surface area contributed by atoms with Crippen molar-refractivity contribution in [3.05, 3.63) is 0 Å². The predicted molar refractivity (Wildman–Crippen MR) is 54.4 cm³/mol. The quantitative estimate of drug-likeness (QED) is 0.504. The van der Waals surface area contributed by atoms with E-state index in [0.29, 0.717) is 6.42 Å². The van der Waals surface area contributed by atoms with Gasteiger partial charge in [0, 0.05) is 0 Å². The Labute approximate surface area is 88.6 Å². The zero-order chi connectivity index (χ0) is 11.0. The first-order valence-corrected chi connectivity index (χ1v) is 5.23. The Morgan fingerprint density at radius 1 is 1.43 bits per heavy atom. The minimum absolute atomic E-state index is 0.197. The molecule has 1 atom stereocenters. The second kappa shape index (κ2) is 7.62. The molecule has 0 fully saturated rings. The number of carbonyl (C=O) groups is 2. The minimum atomic E-state index is -1.00. The van der Waals surface area contributed by atoms with Crippen molar-refractivity contribution in [2.45, 2.75) is 38.6 Å². The Hall–Kier alpha value is -0.770. The van der Waals surface area contributed by atoms with E-state index in [1.165, 1.54) is 0 Å².